The van der Waals surface area contributed by atoms with Gasteiger partial charge in [0, 0.05) is 24.7 Å². The normalized spacial score (nSPS) is 21.8. The summed E-state index contributed by atoms with van der Waals surface area (Å²) in [6.45, 7) is 4.82. The highest BCUT2D eigenvalue weighted by Crippen LogP contribution is 2.24. The molecule has 1 aliphatic heterocycles. The number of nitrogens with two attached hydrogens (primary N) is 1. The van der Waals surface area contributed by atoms with E-state index in [4.69, 9.17) is 5.73 Å². The topological polar surface area (TPSA) is 29.3 Å². The zero-order chi connectivity index (χ0) is 13.8. The van der Waals surface area contributed by atoms with Gasteiger partial charge in [-0.1, -0.05) is 25.5 Å². The van der Waals surface area contributed by atoms with Gasteiger partial charge in [0.15, 0.2) is 11.6 Å². The van der Waals surface area contributed by atoms with Gasteiger partial charge in [-0.05, 0) is 31.4 Å². The second-order valence-corrected chi connectivity index (χ2v) is 5.45. The lowest BCUT2D eigenvalue weighted by atomic mass is 10.0. The van der Waals surface area contributed by atoms with Crippen LogP contribution in [0, 0.1) is 17.6 Å². The lowest BCUT2D eigenvalue weighted by Crippen LogP contribution is -2.31. The minimum absolute atomic E-state index is 0.277. The van der Waals surface area contributed by atoms with E-state index in [1.807, 2.05) is 0 Å². The van der Waals surface area contributed by atoms with Gasteiger partial charge in [0.1, 0.15) is 0 Å². The lowest BCUT2D eigenvalue weighted by Gasteiger charge is -2.21. The number of halogens is 2. The summed E-state index contributed by atoms with van der Waals surface area (Å²) < 4.78 is 26.8. The van der Waals surface area contributed by atoms with Crippen LogP contribution >= 0.6 is 0 Å². The summed E-state index contributed by atoms with van der Waals surface area (Å²) in [6.07, 6.45) is 3.62. The molecule has 2 rings (SSSR count). The van der Waals surface area contributed by atoms with Crippen molar-refractivity contribution in [1.29, 1.82) is 0 Å². The van der Waals surface area contributed by atoms with Crippen LogP contribution in [-0.4, -0.2) is 24.5 Å². The molecule has 19 heavy (non-hydrogen) atoms. The van der Waals surface area contributed by atoms with Crippen molar-refractivity contribution in [2.45, 2.75) is 32.2 Å². The van der Waals surface area contributed by atoms with Gasteiger partial charge in [0.05, 0.1) is 0 Å². The Labute approximate surface area is 113 Å². The Morgan fingerprint density at radius 2 is 2.21 bits per heavy atom. The summed E-state index contributed by atoms with van der Waals surface area (Å²) in [4.78, 5) is 2.26. The third-order valence-electron chi connectivity index (χ3n) is 3.90. The van der Waals surface area contributed by atoms with E-state index in [9.17, 15) is 8.78 Å². The van der Waals surface area contributed by atoms with Crippen molar-refractivity contribution >= 4 is 0 Å². The molecule has 2 unspecified atom stereocenters. The molecule has 1 fully saturated rings. The molecule has 0 amide bonds. The maximum atomic E-state index is 13.6. The van der Waals surface area contributed by atoms with Gasteiger partial charge in [-0.3, -0.25) is 0 Å². The first kappa shape index (κ1) is 14.4. The average molecular weight is 268 g/mol. The maximum Gasteiger partial charge on any atom is 0.163 e. The number of likely N-dealkylation sites (tertiary alicyclic amines) is 1. The molecule has 2 atom stereocenters. The van der Waals surface area contributed by atoms with Gasteiger partial charge in [-0.2, -0.15) is 0 Å². The zero-order valence-corrected chi connectivity index (χ0v) is 11.4. The second kappa shape index (κ2) is 6.44. The molecule has 106 valence electrons. The minimum atomic E-state index is -0.821. The predicted octanol–water partition coefficient (Wildman–Crippen LogP) is 3.09. The summed E-state index contributed by atoms with van der Waals surface area (Å²) >= 11 is 0. The Balaban J connectivity index is 1.94. The van der Waals surface area contributed by atoms with Crippen LogP contribution in [0.5, 0.6) is 0 Å². The highest BCUT2D eigenvalue weighted by Gasteiger charge is 2.24. The Morgan fingerprint density at radius 1 is 1.42 bits per heavy atom. The van der Waals surface area contributed by atoms with Crippen LogP contribution in [0.3, 0.4) is 0 Å². The van der Waals surface area contributed by atoms with E-state index in [1.54, 1.807) is 6.07 Å². The molecule has 1 heterocycles. The smallest absolute Gasteiger partial charge is 0.163 e. The number of hydrogen-bond donors (Lipinski definition) is 1. The summed E-state index contributed by atoms with van der Waals surface area (Å²) in [7, 11) is 0. The van der Waals surface area contributed by atoms with Gasteiger partial charge in [0.2, 0.25) is 0 Å². The van der Waals surface area contributed by atoms with Gasteiger partial charge in [-0.15, -0.1) is 0 Å². The lowest BCUT2D eigenvalue weighted by molar-refractivity contribution is 0.297. The van der Waals surface area contributed by atoms with Crippen LogP contribution in [0.1, 0.15) is 37.8 Å². The van der Waals surface area contributed by atoms with Gasteiger partial charge < -0.3 is 10.6 Å². The second-order valence-electron chi connectivity index (χ2n) is 5.45. The van der Waals surface area contributed by atoms with Crippen molar-refractivity contribution < 1.29 is 8.78 Å². The van der Waals surface area contributed by atoms with E-state index in [0.29, 0.717) is 6.54 Å². The predicted molar refractivity (Wildman–Crippen MR) is 72.7 cm³/mol. The molecule has 1 aliphatic rings. The van der Waals surface area contributed by atoms with Crippen molar-refractivity contribution in [3.63, 3.8) is 0 Å². The van der Waals surface area contributed by atoms with Crippen LogP contribution in [0.4, 0.5) is 8.78 Å². The molecule has 0 spiro atoms. The maximum absolute atomic E-state index is 13.6. The van der Waals surface area contributed by atoms with Crippen molar-refractivity contribution in [3.8, 4) is 0 Å². The Morgan fingerprint density at radius 3 is 2.95 bits per heavy atom. The van der Waals surface area contributed by atoms with E-state index in [0.717, 1.165) is 25.1 Å². The summed E-state index contributed by atoms with van der Waals surface area (Å²) in [5.74, 6) is -0.896. The van der Waals surface area contributed by atoms with Gasteiger partial charge >= 0.3 is 0 Å². The third kappa shape index (κ3) is 3.51. The SMILES string of the molecule is CCCC1CCN(CC(N)c2cccc(F)c2F)C1. The van der Waals surface area contributed by atoms with Crippen LogP contribution in [-0.2, 0) is 0 Å². The summed E-state index contributed by atoms with van der Waals surface area (Å²) in [6, 6.07) is 3.75. The number of benzene rings is 1. The Kier molecular flexibility index (Phi) is 4.88. The quantitative estimate of drug-likeness (QED) is 0.889. The zero-order valence-electron chi connectivity index (χ0n) is 11.4. The standard InChI is InChI=1S/C15H22F2N2/c1-2-4-11-7-8-19(9-11)10-14(18)12-5-3-6-13(16)15(12)17/h3,5-6,11,14H,2,4,7-10,18H2,1H3. The summed E-state index contributed by atoms with van der Waals surface area (Å²) in [5.41, 5.74) is 6.29. The number of rotatable bonds is 5. The first-order valence-electron chi connectivity index (χ1n) is 7.03. The molecule has 2 N–H and O–H groups in total. The molecule has 4 heteroatoms. The minimum Gasteiger partial charge on any atom is -0.323 e. The van der Waals surface area contributed by atoms with Crippen molar-refractivity contribution in [3.05, 3.63) is 35.4 Å². The number of nitrogens with zero attached hydrogens (tertiary/aromatic N) is 1. The van der Waals surface area contributed by atoms with Crippen molar-refractivity contribution in [2.75, 3.05) is 19.6 Å². The first-order valence-corrected chi connectivity index (χ1v) is 7.03. The van der Waals surface area contributed by atoms with Crippen molar-refractivity contribution in [2.24, 2.45) is 11.7 Å². The first-order chi connectivity index (χ1) is 9.11. The molecule has 0 radical (unpaired) electrons. The average Bonchev–Trinajstić information content (AvgIpc) is 2.80. The molecule has 0 aliphatic carbocycles. The third-order valence-corrected chi connectivity index (χ3v) is 3.90. The molecule has 0 bridgehead atoms. The summed E-state index contributed by atoms with van der Waals surface area (Å²) in [5, 5.41) is 0. The Bertz CT molecular complexity index is 423. The Hall–Kier alpha value is -1.00. The molecular weight excluding hydrogens is 246 g/mol. The van der Waals surface area contributed by atoms with E-state index >= 15 is 0 Å². The van der Waals surface area contributed by atoms with Crippen LogP contribution in [0.25, 0.3) is 0 Å². The van der Waals surface area contributed by atoms with E-state index < -0.39 is 17.7 Å². The van der Waals surface area contributed by atoms with Crippen LogP contribution in [0.15, 0.2) is 18.2 Å². The van der Waals surface area contributed by atoms with Crippen molar-refractivity contribution in [1.82, 2.24) is 4.90 Å². The van der Waals surface area contributed by atoms with E-state index in [1.165, 1.54) is 25.3 Å². The fourth-order valence-corrected chi connectivity index (χ4v) is 2.91. The monoisotopic (exact) mass is 268 g/mol. The molecule has 0 aromatic heterocycles. The van der Waals surface area contributed by atoms with Crippen LogP contribution < -0.4 is 5.73 Å². The highest BCUT2D eigenvalue weighted by atomic mass is 19.2. The van der Waals surface area contributed by atoms with Gasteiger partial charge in [-0.25, -0.2) is 8.78 Å². The fourth-order valence-electron chi connectivity index (χ4n) is 2.91. The molecule has 1 aromatic rings. The highest BCUT2D eigenvalue weighted by molar-refractivity contribution is 5.22. The molecule has 0 saturated carbocycles. The molecule has 1 saturated heterocycles. The van der Waals surface area contributed by atoms with Gasteiger partial charge in [0.25, 0.3) is 0 Å². The fraction of sp³-hybridized carbons (Fsp3) is 0.600. The van der Waals surface area contributed by atoms with E-state index in [-0.39, 0.29) is 5.56 Å². The molecular formula is C15H22F2N2. The van der Waals surface area contributed by atoms with Crippen LogP contribution in [0.2, 0.25) is 0 Å². The molecule has 2 nitrogen and oxygen atoms in total. The van der Waals surface area contributed by atoms with E-state index in [2.05, 4.69) is 11.8 Å². The molecule has 1 aromatic carbocycles. The largest absolute Gasteiger partial charge is 0.323 e. The number of hydrogen-bond acceptors (Lipinski definition) is 2.